The van der Waals surface area contributed by atoms with Crippen molar-refractivity contribution in [3.05, 3.63) is 85.1 Å². The van der Waals surface area contributed by atoms with Crippen LogP contribution in [0.5, 0.6) is 0 Å². The van der Waals surface area contributed by atoms with Crippen LogP contribution in [0, 0.1) is 0 Å². The molecule has 0 spiro atoms. The van der Waals surface area contributed by atoms with E-state index in [0.29, 0.717) is 19.3 Å². The zero-order chi connectivity index (χ0) is 52.2. The first-order valence-corrected chi connectivity index (χ1v) is 30.6. The summed E-state index contributed by atoms with van der Waals surface area (Å²) in [6.45, 7) is 6.50. The largest absolute Gasteiger partial charge is 0.462 e. The van der Waals surface area contributed by atoms with Crippen molar-refractivity contribution in [3.8, 4) is 0 Å². The lowest BCUT2D eigenvalue weighted by Crippen LogP contribution is -2.30. The molecule has 0 bridgehead atoms. The number of esters is 3. The molecule has 0 aliphatic heterocycles. The van der Waals surface area contributed by atoms with Gasteiger partial charge in [-0.1, -0.05) is 266 Å². The zero-order valence-electron chi connectivity index (χ0n) is 47.4. The summed E-state index contributed by atoms with van der Waals surface area (Å²) >= 11 is 0. The van der Waals surface area contributed by atoms with E-state index in [1.54, 1.807) is 0 Å². The molecule has 0 aromatic carbocycles. The minimum Gasteiger partial charge on any atom is -0.462 e. The Kier molecular flexibility index (Phi) is 57.3. The van der Waals surface area contributed by atoms with Crippen molar-refractivity contribution in [1.82, 2.24) is 0 Å². The Hall–Kier alpha value is -3.41. The van der Waals surface area contributed by atoms with Gasteiger partial charge in [0.15, 0.2) is 6.10 Å². The van der Waals surface area contributed by atoms with E-state index in [2.05, 4.69) is 106 Å². The van der Waals surface area contributed by atoms with Crippen molar-refractivity contribution in [1.29, 1.82) is 0 Å². The normalized spacial score (nSPS) is 12.7. The number of unbranched alkanes of at least 4 members (excludes halogenated alkanes) is 30. The molecule has 0 radical (unpaired) electrons. The standard InChI is InChI=1S/C66H114O6/c1-4-7-10-13-16-19-22-25-28-31-33-36-38-41-44-47-50-53-56-59-65(68)71-62-63(61-70-64(67)58-55-52-49-46-43-40-37-34-30-27-24-21-18-15-12-9-6-3)72-66(69)60-57-54-51-48-45-42-39-35-32-29-26-23-20-17-14-11-8-5-2/h7,10,16,18-19,21,25,27-28,30,33,36,41,44,63H,4-6,8-9,11-15,17,20,22-24,26,29,31-32,34-35,37-40,42-43,45-62H2,1-3H3/b10-7-,19-16-,21-18-,28-25-,30-27-,36-33-,44-41-. The minimum absolute atomic E-state index is 0.0894. The molecular formula is C66H114O6. The Morgan fingerprint density at radius 2 is 0.542 bits per heavy atom. The second-order valence-electron chi connectivity index (χ2n) is 20.2. The molecule has 72 heavy (non-hydrogen) atoms. The maximum Gasteiger partial charge on any atom is 0.306 e. The molecule has 6 heteroatoms. The molecule has 0 amide bonds. The van der Waals surface area contributed by atoms with Gasteiger partial charge in [0.1, 0.15) is 13.2 Å². The molecule has 0 rings (SSSR count). The first-order chi connectivity index (χ1) is 35.5. The van der Waals surface area contributed by atoms with Gasteiger partial charge in [0.25, 0.3) is 0 Å². The lowest BCUT2D eigenvalue weighted by molar-refractivity contribution is -0.167. The van der Waals surface area contributed by atoms with Crippen LogP contribution in [0.15, 0.2) is 85.1 Å². The van der Waals surface area contributed by atoms with Crippen LogP contribution in [0.1, 0.15) is 297 Å². The summed E-state index contributed by atoms with van der Waals surface area (Å²) in [5.74, 6) is -0.918. The summed E-state index contributed by atoms with van der Waals surface area (Å²) in [5, 5.41) is 0. The number of allylic oxidation sites excluding steroid dienone is 14. The minimum atomic E-state index is -0.793. The molecule has 1 atom stereocenters. The van der Waals surface area contributed by atoms with Gasteiger partial charge >= 0.3 is 17.9 Å². The van der Waals surface area contributed by atoms with E-state index in [1.807, 2.05) is 0 Å². The molecule has 0 aliphatic carbocycles. The smallest absolute Gasteiger partial charge is 0.306 e. The fourth-order valence-corrected chi connectivity index (χ4v) is 8.56. The van der Waals surface area contributed by atoms with Gasteiger partial charge < -0.3 is 14.2 Å². The maximum atomic E-state index is 12.9. The van der Waals surface area contributed by atoms with E-state index in [4.69, 9.17) is 14.2 Å². The Morgan fingerprint density at radius 3 is 0.889 bits per heavy atom. The van der Waals surface area contributed by atoms with Crippen LogP contribution in [0.2, 0.25) is 0 Å². The first-order valence-electron chi connectivity index (χ1n) is 30.6. The second kappa shape index (κ2) is 60.1. The average Bonchev–Trinajstić information content (AvgIpc) is 3.38. The van der Waals surface area contributed by atoms with E-state index in [9.17, 15) is 14.4 Å². The summed E-state index contributed by atoms with van der Waals surface area (Å²) in [4.78, 5) is 38.3. The number of rotatable bonds is 55. The van der Waals surface area contributed by atoms with Crippen molar-refractivity contribution in [3.63, 3.8) is 0 Å². The Balaban J connectivity index is 4.44. The summed E-state index contributed by atoms with van der Waals surface area (Å²) in [6.07, 6.45) is 78.6. The van der Waals surface area contributed by atoms with Crippen LogP contribution in [0.4, 0.5) is 0 Å². The first kappa shape index (κ1) is 68.6. The van der Waals surface area contributed by atoms with Crippen LogP contribution in [-0.2, 0) is 28.6 Å². The molecule has 0 saturated heterocycles. The van der Waals surface area contributed by atoms with Gasteiger partial charge in [-0.3, -0.25) is 14.4 Å². The third kappa shape index (κ3) is 57.5. The van der Waals surface area contributed by atoms with Gasteiger partial charge in [-0.2, -0.15) is 0 Å². The number of hydrogen-bond acceptors (Lipinski definition) is 6. The molecule has 0 saturated carbocycles. The van der Waals surface area contributed by atoms with Gasteiger partial charge in [0.05, 0.1) is 0 Å². The van der Waals surface area contributed by atoms with Gasteiger partial charge in [0.2, 0.25) is 0 Å². The highest BCUT2D eigenvalue weighted by Gasteiger charge is 2.19. The number of carbonyl (C=O) groups excluding carboxylic acids is 3. The Labute approximate surface area is 445 Å². The molecule has 1 unspecified atom stereocenters. The maximum absolute atomic E-state index is 12.9. The second-order valence-corrected chi connectivity index (χ2v) is 20.2. The van der Waals surface area contributed by atoms with Gasteiger partial charge in [-0.05, 0) is 96.3 Å². The van der Waals surface area contributed by atoms with Crippen molar-refractivity contribution in [2.75, 3.05) is 13.2 Å². The van der Waals surface area contributed by atoms with Gasteiger partial charge in [-0.25, -0.2) is 0 Å². The van der Waals surface area contributed by atoms with Crippen molar-refractivity contribution in [2.24, 2.45) is 0 Å². The topological polar surface area (TPSA) is 78.9 Å². The van der Waals surface area contributed by atoms with E-state index in [0.717, 1.165) is 109 Å². The van der Waals surface area contributed by atoms with Crippen LogP contribution in [0.25, 0.3) is 0 Å². The molecule has 0 N–H and O–H groups in total. The van der Waals surface area contributed by atoms with Gasteiger partial charge in [0, 0.05) is 19.3 Å². The third-order valence-corrected chi connectivity index (χ3v) is 13.1. The summed E-state index contributed by atoms with van der Waals surface area (Å²) in [5.41, 5.74) is 0. The predicted molar refractivity (Wildman–Crippen MR) is 311 cm³/mol. The van der Waals surface area contributed by atoms with Crippen molar-refractivity contribution >= 4 is 17.9 Å². The Morgan fingerprint density at radius 1 is 0.292 bits per heavy atom. The highest BCUT2D eigenvalue weighted by molar-refractivity contribution is 5.71. The van der Waals surface area contributed by atoms with E-state index in [-0.39, 0.29) is 31.1 Å². The monoisotopic (exact) mass is 1000 g/mol. The molecule has 414 valence electrons. The molecule has 0 aromatic heterocycles. The number of ether oxygens (including phenoxy) is 3. The highest BCUT2D eigenvalue weighted by Crippen LogP contribution is 2.16. The molecular weight excluding hydrogens is 889 g/mol. The molecule has 6 nitrogen and oxygen atoms in total. The SMILES string of the molecule is CC/C=C\C/C=C\C/C=C\C/C=C\C/C=C\CCCCCC(=O)OCC(COC(=O)CCCCCCCCC/C=C\C/C=C\CCCCC)OC(=O)CCCCCCCCCCCCCCCCCCCC. The van der Waals surface area contributed by atoms with Crippen LogP contribution in [-0.4, -0.2) is 37.2 Å². The summed E-state index contributed by atoms with van der Waals surface area (Å²) < 4.78 is 16.9. The molecule has 0 aromatic rings. The molecule has 0 aliphatic rings. The molecule has 0 heterocycles. The quantitative estimate of drug-likeness (QED) is 0.0261. The lowest BCUT2D eigenvalue weighted by atomic mass is 10.0. The number of carbonyl (C=O) groups is 3. The van der Waals surface area contributed by atoms with Crippen LogP contribution in [0.3, 0.4) is 0 Å². The summed E-state index contributed by atoms with van der Waals surface area (Å²) in [7, 11) is 0. The Bertz CT molecular complexity index is 1380. The van der Waals surface area contributed by atoms with Crippen molar-refractivity contribution < 1.29 is 28.6 Å². The van der Waals surface area contributed by atoms with Gasteiger partial charge in [-0.15, -0.1) is 0 Å². The van der Waals surface area contributed by atoms with Crippen LogP contribution < -0.4 is 0 Å². The van der Waals surface area contributed by atoms with E-state index < -0.39 is 6.10 Å². The van der Waals surface area contributed by atoms with E-state index >= 15 is 0 Å². The van der Waals surface area contributed by atoms with Crippen LogP contribution >= 0.6 is 0 Å². The highest BCUT2D eigenvalue weighted by atomic mass is 16.6. The average molecular weight is 1000 g/mol. The predicted octanol–water partition coefficient (Wildman–Crippen LogP) is 20.7. The fraction of sp³-hybridized carbons (Fsp3) is 0.742. The number of hydrogen-bond donors (Lipinski definition) is 0. The third-order valence-electron chi connectivity index (χ3n) is 13.1. The van der Waals surface area contributed by atoms with Crippen molar-refractivity contribution in [2.45, 2.75) is 303 Å². The summed E-state index contributed by atoms with van der Waals surface area (Å²) in [6, 6.07) is 0. The fourth-order valence-electron chi connectivity index (χ4n) is 8.56. The molecule has 0 fully saturated rings. The zero-order valence-corrected chi connectivity index (χ0v) is 47.4. The van der Waals surface area contributed by atoms with E-state index in [1.165, 1.54) is 148 Å². The lowest BCUT2D eigenvalue weighted by Gasteiger charge is -2.18.